The average molecular weight is 331 g/mol. The first kappa shape index (κ1) is 14.7. The monoisotopic (exact) mass is 331 g/mol. The Morgan fingerprint density at radius 2 is 2.22 bits per heavy atom. The molecule has 3 rings (SSSR count). The molecular weight excluding hydrogens is 322 g/mol. The number of aromatic nitrogens is 4. The Kier molecular flexibility index (Phi) is 3.73. The van der Waals surface area contributed by atoms with E-state index in [4.69, 9.17) is 0 Å². The third-order valence-electron chi connectivity index (χ3n) is 2.93. The van der Waals surface area contributed by atoms with E-state index < -0.39 is 22.0 Å². The third-order valence-corrected chi connectivity index (χ3v) is 3.82. The zero-order valence-corrected chi connectivity index (χ0v) is 12.2. The summed E-state index contributed by atoms with van der Waals surface area (Å²) < 4.78 is 0. The van der Waals surface area contributed by atoms with Gasteiger partial charge in [0.25, 0.3) is 5.88 Å². The molecule has 0 unspecified atom stereocenters. The van der Waals surface area contributed by atoms with Gasteiger partial charge in [-0.3, -0.25) is 20.0 Å². The first-order chi connectivity index (χ1) is 11.1. The second kappa shape index (κ2) is 5.85. The Balaban J connectivity index is 1.95. The number of aromatic hydroxyl groups is 1. The molecule has 0 radical (unpaired) electrons. The molecule has 0 saturated heterocycles. The van der Waals surface area contributed by atoms with Crippen molar-refractivity contribution >= 4 is 29.2 Å². The largest absolute Gasteiger partial charge is 0.488 e. The molecule has 0 aliphatic heterocycles. The minimum absolute atomic E-state index is 0.00331. The number of rotatable bonds is 4. The lowest BCUT2D eigenvalue weighted by molar-refractivity contribution is -0.387. The van der Waals surface area contributed by atoms with Crippen molar-refractivity contribution < 1.29 is 10.0 Å². The van der Waals surface area contributed by atoms with Gasteiger partial charge in [-0.05, 0) is 23.6 Å². The molecule has 23 heavy (non-hydrogen) atoms. The first-order valence-electron chi connectivity index (χ1n) is 6.29. The van der Waals surface area contributed by atoms with Crippen LogP contribution in [-0.4, -0.2) is 30.2 Å². The SMILES string of the molecule is O=c1[nH]c(/C=C/c2cn[nH]c2-c2cccs2)nc(O)c1[N+](=O)[O-]. The van der Waals surface area contributed by atoms with Gasteiger partial charge in [0.15, 0.2) is 0 Å². The summed E-state index contributed by atoms with van der Waals surface area (Å²) in [5.41, 5.74) is -0.463. The summed E-state index contributed by atoms with van der Waals surface area (Å²) in [5, 5.41) is 28.9. The Hall–Kier alpha value is -3.27. The summed E-state index contributed by atoms with van der Waals surface area (Å²) in [6, 6.07) is 3.83. The summed E-state index contributed by atoms with van der Waals surface area (Å²) in [7, 11) is 0. The molecule has 0 fully saturated rings. The number of nitrogens with zero attached hydrogens (tertiary/aromatic N) is 3. The molecule has 0 spiro atoms. The molecule has 3 aromatic heterocycles. The van der Waals surface area contributed by atoms with E-state index in [-0.39, 0.29) is 5.82 Å². The van der Waals surface area contributed by atoms with Crippen LogP contribution in [0.3, 0.4) is 0 Å². The summed E-state index contributed by atoms with van der Waals surface area (Å²) in [6.07, 6.45) is 4.64. The molecule has 3 heterocycles. The van der Waals surface area contributed by atoms with Gasteiger partial charge in [-0.25, -0.2) is 0 Å². The van der Waals surface area contributed by atoms with Gasteiger partial charge < -0.3 is 10.1 Å². The van der Waals surface area contributed by atoms with E-state index >= 15 is 0 Å². The molecule has 0 atom stereocenters. The Labute approximate surface area is 132 Å². The van der Waals surface area contributed by atoms with E-state index in [2.05, 4.69) is 20.2 Å². The number of hydrogen-bond donors (Lipinski definition) is 3. The minimum atomic E-state index is -1.02. The first-order valence-corrected chi connectivity index (χ1v) is 7.17. The van der Waals surface area contributed by atoms with E-state index in [9.17, 15) is 20.0 Å². The van der Waals surface area contributed by atoms with Gasteiger partial charge in [0.2, 0.25) is 0 Å². The van der Waals surface area contributed by atoms with Crippen LogP contribution in [0.15, 0.2) is 28.5 Å². The number of H-pyrrole nitrogens is 2. The highest BCUT2D eigenvalue weighted by atomic mass is 32.1. The molecule has 0 aliphatic carbocycles. The smallest absolute Gasteiger partial charge is 0.395 e. The van der Waals surface area contributed by atoms with Crippen LogP contribution in [0, 0.1) is 10.1 Å². The van der Waals surface area contributed by atoms with E-state index in [1.807, 2.05) is 17.5 Å². The number of nitro groups is 1. The molecule has 10 heteroatoms. The number of hydrogen-bond acceptors (Lipinski definition) is 7. The molecule has 0 aromatic carbocycles. The number of aromatic amines is 2. The number of thiophene rings is 1. The highest BCUT2D eigenvalue weighted by Crippen LogP contribution is 2.27. The van der Waals surface area contributed by atoms with Crippen molar-refractivity contribution in [2.45, 2.75) is 0 Å². The second-order valence-corrected chi connectivity index (χ2v) is 5.34. The van der Waals surface area contributed by atoms with E-state index in [1.165, 1.54) is 17.4 Å². The van der Waals surface area contributed by atoms with E-state index in [0.717, 1.165) is 16.1 Å². The molecule has 3 N–H and O–H groups in total. The molecule has 0 amide bonds. The van der Waals surface area contributed by atoms with Gasteiger partial charge in [-0.2, -0.15) is 10.1 Å². The molecule has 0 bridgehead atoms. The topological polar surface area (TPSA) is 138 Å². The van der Waals surface area contributed by atoms with Gasteiger partial charge in [-0.1, -0.05) is 6.07 Å². The van der Waals surface area contributed by atoms with Crippen LogP contribution >= 0.6 is 11.3 Å². The zero-order chi connectivity index (χ0) is 16.4. The van der Waals surface area contributed by atoms with Crippen LogP contribution in [0.25, 0.3) is 22.7 Å². The van der Waals surface area contributed by atoms with Crippen molar-refractivity contribution in [2.24, 2.45) is 0 Å². The summed E-state index contributed by atoms with van der Waals surface area (Å²) >= 11 is 1.53. The van der Waals surface area contributed by atoms with Crippen molar-refractivity contribution in [2.75, 3.05) is 0 Å². The van der Waals surface area contributed by atoms with Crippen molar-refractivity contribution in [1.29, 1.82) is 0 Å². The van der Waals surface area contributed by atoms with Crippen LogP contribution in [0.5, 0.6) is 5.88 Å². The predicted octanol–water partition coefficient (Wildman–Crippen LogP) is 2.01. The molecule has 9 nitrogen and oxygen atoms in total. The van der Waals surface area contributed by atoms with Gasteiger partial charge in [0.05, 0.1) is 21.7 Å². The lowest BCUT2D eigenvalue weighted by atomic mass is 10.2. The van der Waals surface area contributed by atoms with Gasteiger partial charge in [-0.15, -0.1) is 11.3 Å². The molecule has 3 aromatic rings. The lowest BCUT2D eigenvalue weighted by Crippen LogP contribution is -2.14. The Bertz CT molecular complexity index is 942. The predicted molar refractivity (Wildman–Crippen MR) is 84.0 cm³/mol. The molecule has 116 valence electrons. The average Bonchev–Trinajstić information content (AvgIpc) is 3.15. The van der Waals surface area contributed by atoms with Crippen LogP contribution in [-0.2, 0) is 0 Å². The zero-order valence-electron chi connectivity index (χ0n) is 11.4. The second-order valence-electron chi connectivity index (χ2n) is 4.39. The minimum Gasteiger partial charge on any atom is -0.488 e. The molecular formula is C13H9N5O4S. The fourth-order valence-electron chi connectivity index (χ4n) is 1.92. The number of nitrogens with one attached hydrogen (secondary N) is 2. The third kappa shape index (κ3) is 2.87. The van der Waals surface area contributed by atoms with Crippen LogP contribution < -0.4 is 5.56 Å². The van der Waals surface area contributed by atoms with Crippen LogP contribution in [0.2, 0.25) is 0 Å². The summed E-state index contributed by atoms with van der Waals surface area (Å²) in [6.45, 7) is 0. The van der Waals surface area contributed by atoms with Crippen LogP contribution in [0.1, 0.15) is 11.4 Å². The lowest BCUT2D eigenvalue weighted by Gasteiger charge is -1.97. The maximum absolute atomic E-state index is 11.6. The molecule has 0 aliphatic rings. The Morgan fingerprint density at radius 1 is 1.39 bits per heavy atom. The van der Waals surface area contributed by atoms with Gasteiger partial charge >= 0.3 is 11.2 Å². The van der Waals surface area contributed by atoms with Crippen molar-refractivity contribution in [3.05, 3.63) is 55.6 Å². The standard InChI is InChI=1S/C13H9N5O4S/c19-12-11(18(21)22)13(20)16-9(15-12)4-3-7-6-14-17-10(7)8-2-1-5-23-8/h1-6H,(H,14,17)(H2,15,16,19,20)/b4-3+. The molecule has 0 saturated carbocycles. The normalized spacial score (nSPS) is 11.1. The van der Waals surface area contributed by atoms with Crippen molar-refractivity contribution in [3.8, 4) is 16.5 Å². The maximum atomic E-state index is 11.6. The highest BCUT2D eigenvalue weighted by Gasteiger charge is 2.21. The van der Waals surface area contributed by atoms with Crippen molar-refractivity contribution in [3.63, 3.8) is 0 Å². The Morgan fingerprint density at radius 3 is 2.87 bits per heavy atom. The fraction of sp³-hybridized carbons (Fsp3) is 0. The highest BCUT2D eigenvalue weighted by molar-refractivity contribution is 7.13. The van der Waals surface area contributed by atoms with E-state index in [1.54, 1.807) is 12.3 Å². The summed E-state index contributed by atoms with van der Waals surface area (Å²) in [4.78, 5) is 28.0. The fourth-order valence-corrected chi connectivity index (χ4v) is 2.67. The van der Waals surface area contributed by atoms with E-state index in [0.29, 0.717) is 0 Å². The van der Waals surface area contributed by atoms with Crippen molar-refractivity contribution in [1.82, 2.24) is 20.2 Å². The van der Waals surface area contributed by atoms with Gasteiger partial charge in [0.1, 0.15) is 5.82 Å². The van der Waals surface area contributed by atoms with Gasteiger partial charge in [0, 0.05) is 5.56 Å². The maximum Gasteiger partial charge on any atom is 0.395 e. The van der Waals surface area contributed by atoms with Crippen LogP contribution in [0.4, 0.5) is 5.69 Å². The quantitative estimate of drug-likeness (QED) is 0.494. The summed E-state index contributed by atoms with van der Waals surface area (Å²) in [5.74, 6) is -0.930.